The molecule has 1 aliphatic rings. The molecule has 3 N–H and O–H groups in total. The summed E-state index contributed by atoms with van der Waals surface area (Å²) in [6.07, 6.45) is 1.41. The first kappa shape index (κ1) is 15.9. The Labute approximate surface area is 111 Å². The second-order valence-electron chi connectivity index (χ2n) is 5.48. The molecule has 0 aliphatic heterocycles. The van der Waals surface area contributed by atoms with E-state index in [2.05, 4.69) is 4.72 Å². The summed E-state index contributed by atoms with van der Waals surface area (Å²) in [5, 5.41) is -0.501. The molecule has 0 bridgehead atoms. The van der Waals surface area contributed by atoms with E-state index in [1.165, 1.54) is 0 Å². The Morgan fingerprint density at radius 3 is 2.44 bits per heavy atom. The maximum absolute atomic E-state index is 12.1. The number of hydrogen-bond acceptors (Lipinski definition) is 4. The molecule has 5 nitrogen and oxygen atoms in total. The molecule has 0 saturated heterocycles. The van der Waals surface area contributed by atoms with Crippen LogP contribution in [0.3, 0.4) is 0 Å². The summed E-state index contributed by atoms with van der Waals surface area (Å²) in [4.78, 5) is 0. The van der Waals surface area contributed by atoms with Crippen molar-refractivity contribution < 1.29 is 13.2 Å². The zero-order valence-electron chi connectivity index (χ0n) is 11.8. The van der Waals surface area contributed by atoms with Crippen LogP contribution in [-0.2, 0) is 14.8 Å². The van der Waals surface area contributed by atoms with Crippen LogP contribution in [0, 0.1) is 5.41 Å². The number of nitrogens with one attached hydrogen (secondary N) is 1. The van der Waals surface area contributed by atoms with Crippen LogP contribution in [0.4, 0.5) is 0 Å². The maximum atomic E-state index is 12.1. The first-order chi connectivity index (χ1) is 8.29. The molecular weight excluding hydrogens is 252 g/mol. The molecule has 0 aromatic carbocycles. The summed E-state index contributed by atoms with van der Waals surface area (Å²) >= 11 is 0. The zero-order chi connectivity index (χ0) is 14.0. The Morgan fingerprint density at radius 2 is 2.06 bits per heavy atom. The van der Waals surface area contributed by atoms with Crippen LogP contribution >= 0.6 is 0 Å². The van der Waals surface area contributed by atoms with Crippen molar-refractivity contribution in [3.05, 3.63) is 0 Å². The third kappa shape index (κ3) is 3.04. The quantitative estimate of drug-likeness (QED) is 0.723. The van der Waals surface area contributed by atoms with Crippen molar-refractivity contribution in [2.45, 2.75) is 57.9 Å². The number of hydrogen-bond donors (Lipinski definition) is 2. The normalized spacial score (nSPS) is 28.7. The van der Waals surface area contributed by atoms with Crippen LogP contribution in [-0.4, -0.2) is 39.0 Å². The van der Waals surface area contributed by atoms with Crippen molar-refractivity contribution in [2.75, 3.05) is 13.2 Å². The SMILES string of the molecule is CCOC1CC(NS(=O)(=O)C(CC)CN)C1(C)C. The fraction of sp³-hybridized carbons (Fsp3) is 1.00. The molecule has 3 atom stereocenters. The highest BCUT2D eigenvalue weighted by molar-refractivity contribution is 7.90. The molecule has 108 valence electrons. The second-order valence-corrected chi connectivity index (χ2v) is 7.47. The number of ether oxygens (including phenoxy) is 1. The molecule has 0 amide bonds. The topological polar surface area (TPSA) is 81.4 Å². The van der Waals surface area contributed by atoms with Gasteiger partial charge in [0.15, 0.2) is 0 Å². The van der Waals surface area contributed by atoms with E-state index in [0.29, 0.717) is 13.0 Å². The zero-order valence-corrected chi connectivity index (χ0v) is 12.6. The average Bonchev–Trinajstić information content (AvgIpc) is 2.29. The fourth-order valence-electron chi connectivity index (χ4n) is 2.38. The van der Waals surface area contributed by atoms with Gasteiger partial charge in [-0.3, -0.25) is 0 Å². The Morgan fingerprint density at radius 1 is 1.44 bits per heavy atom. The molecule has 6 heteroatoms. The summed E-state index contributed by atoms with van der Waals surface area (Å²) in [7, 11) is -3.32. The van der Waals surface area contributed by atoms with E-state index in [-0.39, 0.29) is 24.1 Å². The molecule has 1 saturated carbocycles. The summed E-state index contributed by atoms with van der Waals surface area (Å²) < 4.78 is 32.6. The van der Waals surface area contributed by atoms with Gasteiger partial charge in [0.25, 0.3) is 0 Å². The molecular formula is C12H26N2O3S. The standard InChI is InChI=1S/C12H26N2O3S/c1-5-9(8-13)18(15,16)14-10-7-11(17-6-2)12(10,3)4/h9-11,14H,5-8,13H2,1-4H3. The van der Waals surface area contributed by atoms with Crippen LogP contribution in [0.5, 0.6) is 0 Å². The van der Waals surface area contributed by atoms with Gasteiger partial charge in [0.2, 0.25) is 10.0 Å². The molecule has 3 unspecified atom stereocenters. The van der Waals surface area contributed by atoms with Crippen LogP contribution < -0.4 is 10.5 Å². The first-order valence-corrected chi connectivity index (χ1v) is 8.17. The largest absolute Gasteiger partial charge is 0.378 e. The lowest BCUT2D eigenvalue weighted by atomic mass is 9.65. The first-order valence-electron chi connectivity index (χ1n) is 6.62. The van der Waals surface area contributed by atoms with Crippen molar-refractivity contribution in [1.29, 1.82) is 0 Å². The van der Waals surface area contributed by atoms with Crippen molar-refractivity contribution in [3.63, 3.8) is 0 Å². The van der Waals surface area contributed by atoms with Crippen LogP contribution in [0.2, 0.25) is 0 Å². The third-order valence-electron chi connectivity index (χ3n) is 4.01. The number of rotatable bonds is 7. The van der Waals surface area contributed by atoms with Crippen LogP contribution in [0.25, 0.3) is 0 Å². The van der Waals surface area contributed by atoms with Gasteiger partial charge in [0, 0.05) is 24.6 Å². The van der Waals surface area contributed by atoms with Crippen molar-refractivity contribution >= 4 is 10.0 Å². The summed E-state index contributed by atoms with van der Waals surface area (Å²) in [6.45, 7) is 8.68. The van der Waals surface area contributed by atoms with Crippen molar-refractivity contribution in [2.24, 2.45) is 11.1 Å². The summed E-state index contributed by atoms with van der Waals surface area (Å²) in [5.41, 5.74) is 5.35. The molecule has 0 heterocycles. The number of sulfonamides is 1. The highest BCUT2D eigenvalue weighted by Gasteiger charge is 2.50. The van der Waals surface area contributed by atoms with Gasteiger partial charge in [-0.15, -0.1) is 0 Å². The van der Waals surface area contributed by atoms with Crippen LogP contribution in [0.15, 0.2) is 0 Å². The highest BCUT2D eigenvalue weighted by atomic mass is 32.2. The van der Waals surface area contributed by atoms with Gasteiger partial charge in [0.05, 0.1) is 11.4 Å². The van der Waals surface area contributed by atoms with E-state index in [0.717, 1.165) is 6.42 Å². The van der Waals surface area contributed by atoms with Crippen molar-refractivity contribution in [3.8, 4) is 0 Å². The Kier molecular flexibility index (Phi) is 5.17. The van der Waals surface area contributed by atoms with Gasteiger partial charge in [-0.25, -0.2) is 13.1 Å². The van der Waals surface area contributed by atoms with E-state index in [1.807, 2.05) is 27.7 Å². The monoisotopic (exact) mass is 278 g/mol. The molecule has 18 heavy (non-hydrogen) atoms. The Hall–Kier alpha value is -0.170. The van der Waals surface area contributed by atoms with Crippen molar-refractivity contribution in [1.82, 2.24) is 4.72 Å². The molecule has 0 aromatic rings. The van der Waals surface area contributed by atoms with Gasteiger partial charge < -0.3 is 10.5 Å². The molecule has 0 aromatic heterocycles. The molecule has 1 rings (SSSR count). The molecule has 1 fully saturated rings. The Bertz CT molecular complexity index is 364. The predicted octanol–water partition coefficient (Wildman–Crippen LogP) is 0.847. The lowest BCUT2D eigenvalue weighted by Crippen LogP contribution is -2.63. The minimum absolute atomic E-state index is 0.0559. The van der Waals surface area contributed by atoms with Crippen LogP contribution in [0.1, 0.15) is 40.5 Å². The lowest BCUT2D eigenvalue weighted by molar-refractivity contribution is -0.108. The number of nitrogens with two attached hydrogens (primary N) is 1. The minimum atomic E-state index is -3.32. The smallest absolute Gasteiger partial charge is 0.215 e. The Balaban J connectivity index is 2.65. The van der Waals surface area contributed by atoms with Gasteiger partial charge in [-0.2, -0.15) is 0 Å². The van der Waals surface area contributed by atoms with E-state index in [4.69, 9.17) is 10.5 Å². The van der Waals surface area contributed by atoms with E-state index >= 15 is 0 Å². The fourth-order valence-corrected chi connectivity index (χ4v) is 4.06. The summed E-state index contributed by atoms with van der Waals surface area (Å²) in [6, 6.07) is -0.0559. The van der Waals surface area contributed by atoms with Gasteiger partial charge in [0.1, 0.15) is 0 Å². The minimum Gasteiger partial charge on any atom is -0.378 e. The van der Waals surface area contributed by atoms with Gasteiger partial charge in [-0.05, 0) is 19.8 Å². The third-order valence-corrected chi connectivity index (χ3v) is 6.03. The van der Waals surface area contributed by atoms with Gasteiger partial charge >= 0.3 is 0 Å². The maximum Gasteiger partial charge on any atom is 0.215 e. The molecule has 0 radical (unpaired) electrons. The molecule has 0 spiro atoms. The lowest BCUT2D eigenvalue weighted by Gasteiger charge is -2.51. The predicted molar refractivity (Wildman–Crippen MR) is 72.8 cm³/mol. The molecule has 1 aliphatic carbocycles. The van der Waals surface area contributed by atoms with E-state index < -0.39 is 15.3 Å². The second kappa shape index (κ2) is 5.86. The summed E-state index contributed by atoms with van der Waals surface area (Å²) in [5.74, 6) is 0. The van der Waals surface area contributed by atoms with E-state index in [9.17, 15) is 8.42 Å². The average molecular weight is 278 g/mol. The van der Waals surface area contributed by atoms with E-state index in [1.54, 1.807) is 0 Å². The van der Waals surface area contributed by atoms with Gasteiger partial charge in [-0.1, -0.05) is 20.8 Å². The highest BCUT2D eigenvalue weighted by Crippen LogP contribution is 2.43.